The van der Waals surface area contributed by atoms with E-state index in [2.05, 4.69) is 0 Å². The van der Waals surface area contributed by atoms with Crippen LogP contribution in [-0.2, 0) is 20.7 Å². The van der Waals surface area contributed by atoms with Crippen LogP contribution >= 0.6 is 0 Å². The highest BCUT2D eigenvalue weighted by Gasteiger charge is 2.19. The van der Waals surface area contributed by atoms with Gasteiger partial charge in [0.15, 0.2) is 6.10 Å². The van der Waals surface area contributed by atoms with Gasteiger partial charge in [-0.1, -0.05) is 12.1 Å². The first-order valence-electron chi connectivity index (χ1n) is 8.04. The number of aliphatic carboxylic acids is 1. The standard InChI is InChI=1S/C18H27NO6/c1-18(2,3)25-17(22)19(4)10-11-24-14-8-6-13(7-9-14)12-15(23-5)16(20)21/h6-9,15H,10-12H2,1-5H3,(H,20,21). The zero-order chi connectivity index (χ0) is 19.0. The smallest absolute Gasteiger partial charge is 0.410 e. The summed E-state index contributed by atoms with van der Waals surface area (Å²) in [5.41, 5.74) is 0.311. The Hall–Kier alpha value is -2.28. The summed E-state index contributed by atoms with van der Waals surface area (Å²) >= 11 is 0. The first kappa shape index (κ1) is 20.8. The molecule has 140 valence electrons. The maximum Gasteiger partial charge on any atom is 0.410 e. The van der Waals surface area contributed by atoms with Crippen molar-refractivity contribution < 1.29 is 28.9 Å². The fraction of sp³-hybridized carbons (Fsp3) is 0.556. The molecule has 1 unspecified atom stereocenters. The van der Waals surface area contributed by atoms with E-state index in [9.17, 15) is 9.59 Å². The number of carboxylic acids is 1. The van der Waals surface area contributed by atoms with Crippen molar-refractivity contribution in [2.24, 2.45) is 0 Å². The third-order valence-electron chi connectivity index (χ3n) is 3.31. The number of carbonyl (C=O) groups is 2. The molecule has 1 aromatic rings. The Morgan fingerprint density at radius 3 is 2.28 bits per heavy atom. The molecule has 0 aliphatic rings. The van der Waals surface area contributed by atoms with E-state index in [1.165, 1.54) is 12.0 Å². The first-order valence-corrected chi connectivity index (χ1v) is 8.04. The first-order chi connectivity index (χ1) is 11.6. The van der Waals surface area contributed by atoms with E-state index in [0.29, 0.717) is 18.9 Å². The second-order valence-electron chi connectivity index (χ2n) is 6.66. The monoisotopic (exact) mass is 353 g/mol. The lowest BCUT2D eigenvalue weighted by atomic mass is 10.1. The molecule has 0 saturated heterocycles. The van der Waals surface area contributed by atoms with E-state index in [1.54, 1.807) is 31.3 Å². The highest BCUT2D eigenvalue weighted by atomic mass is 16.6. The molecule has 1 N–H and O–H groups in total. The lowest BCUT2D eigenvalue weighted by Gasteiger charge is -2.24. The average Bonchev–Trinajstić information content (AvgIpc) is 2.51. The number of benzene rings is 1. The quantitative estimate of drug-likeness (QED) is 0.773. The fourth-order valence-electron chi connectivity index (χ4n) is 1.94. The van der Waals surface area contributed by atoms with Crippen molar-refractivity contribution in [2.75, 3.05) is 27.3 Å². The van der Waals surface area contributed by atoms with E-state index in [-0.39, 0.29) is 6.42 Å². The van der Waals surface area contributed by atoms with Crippen LogP contribution in [0.3, 0.4) is 0 Å². The zero-order valence-corrected chi connectivity index (χ0v) is 15.4. The molecule has 25 heavy (non-hydrogen) atoms. The molecule has 0 aromatic heterocycles. The van der Waals surface area contributed by atoms with Crippen molar-refractivity contribution in [1.29, 1.82) is 0 Å². The Morgan fingerprint density at radius 2 is 1.80 bits per heavy atom. The van der Waals surface area contributed by atoms with Crippen LogP contribution in [0.5, 0.6) is 5.75 Å². The van der Waals surface area contributed by atoms with Crippen molar-refractivity contribution >= 4 is 12.1 Å². The summed E-state index contributed by atoms with van der Waals surface area (Å²) in [4.78, 5) is 24.2. The maximum absolute atomic E-state index is 11.8. The molecule has 1 rings (SSSR count). The van der Waals surface area contributed by atoms with E-state index >= 15 is 0 Å². The number of hydrogen-bond acceptors (Lipinski definition) is 5. The minimum atomic E-state index is -0.993. The number of rotatable bonds is 8. The number of nitrogens with zero attached hydrogens (tertiary/aromatic N) is 1. The SMILES string of the molecule is COC(Cc1ccc(OCCN(C)C(=O)OC(C)(C)C)cc1)C(=O)O. The van der Waals surface area contributed by atoms with Crippen molar-refractivity contribution in [3.05, 3.63) is 29.8 Å². The Labute approximate surface area is 148 Å². The summed E-state index contributed by atoms with van der Waals surface area (Å²) in [6.07, 6.45) is -0.979. The predicted molar refractivity (Wildman–Crippen MR) is 92.9 cm³/mol. The Balaban J connectivity index is 2.43. The van der Waals surface area contributed by atoms with Gasteiger partial charge >= 0.3 is 12.1 Å². The Bertz CT molecular complexity index is 564. The Morgan fingerprint density at radius 1 is 1.20 bits per heavy atom. The molecule has 0 spiro atoms. The van der Waals surface area contributed by atoms with E-state index < -0.39 is 23.8 Å². The molecule has 0 aliphatic heterocycles. The van der Waals surface area contributed by atoms with Gasteiger partial charge < -0.3 is 24.2 Å². The van der Waals surface area contributed by atoms with Crippen LogP contribution in [0.25, 0.3) is 0 Å². The van der Waals surface area contributed by atoms with Crippen LogP contribution in [-0.4, -0.2) is 61.1 Å². The van der Waals surface area contributed by atoms with Crippen LogP contribution in [0.2, 0.25) is 0 Å². The predicted octanol–water partition coefficient (Wildman–Crippen LogP) is 2.57. The van der Waals surface area contributed by atoms with Gasteiger partial charge in [-0.15, -0.1) is 0 Å². The van der Waals surface area contributed by atoms with Crippen molar-refractivity contribution in [3.63, 3.8) is 0 Å². The van der Waals surface area contributed by atoms with Crippen LogP contribution in [0.4, 0.5) is 4.79 Å². The molecule has 7 heteroatoms. The van der Waals surface area contributed by atoms with Gasteiger partial charge in [0.25, 0.3) is 0 Å². The number of carboxylic acid groups (broad SMARTS) is 1. The van der Waals surface area contributed by atoms with Crippen LogP contribution in [0.15, 0.2) is 24.3 Å². The summed E-state index contributed by atoms with van der Waals surface area (Å²) in [6, 6.07) is 7.11. The second kappa shape index (κ2) is 9.27. The molecule has 7 nitrogen and oxygen atoms in total. The van der Waals surface area contributed by atoms with Gasteiger partial charge in [-0.05, 0) is 38.5 Å². The molecule has 0 radical (unpaired) electrons. The average molecular weight is 353 g/mol. The van der Waals surface area contributed by atoms with Crippen molar-refractivity contribution in [1.82, 2.24) is 4.90 Å². The molecular formula is C18H27NO6. The minimum Gasteiger partial charge on any atom is -0.492 e. The van der Waals surface area contributed by atoms with Gasteiger partial charge in [-0.3, -0.25) is 0 Å². The van der Waals surface area contributed by atoms with E-state index in [1.807, 2.05) is 20.8 Å². The molecule has 0 saturated carbocycles. The van der Waals surface area contributed by atoms with E-state index in [4.69, 9.17) is 19.3 Å². The molecule has 0 bridgehead atoms. The number of amides is 1. The van der Waals surface area contributed by atoms with Crippen LogP contribution in [0.1, 0.15) is 26.3 Å². The lowest BCUT2D eigenvalue weighted by Crippen LogP contribution is -2.36. The third-order valence-corrected chi connectivity index (χ3v) is 3.31. The van der Waals surface area contributed by atoms with Gasteiger partial charge in [0.1, 0.15) is 18.0 Å². The number of ether oxygens (including phenoxy) is 3. The highest BCUT2D eigenvalue weighted by Crippen LogP contribution is 2.15. The summed E-state index contributed by atoms with van der Waals surface area (Å²) in [6.45, 7) is 6.16. The second-order valence-corrected chi connectivity index (χ2v) is 6.66. The summed E-state index contributed by atoms with van der Waals surface area (Å²) in [7, 11) is 3.02. The Kier molecular flexibility index (Phi) is 7.70. The summed E-state index contributed by atoms with van der Waals surface area (Å²) in [5, 5.41) is 8.98. The normalized spacial score (nSPS) is 12.4. The molecule has 0 aliphatic carbocycles. The van der Waals surface area contributed by atoms with E-state index in [0.717, 1.165) is 5.56 Å². The molecule has 0 heterocycles. The van der Waals surface area contributed by atoms with Gasteiger partial charge in [-0.25, -0.2) is 9.59 Å². The minimum absolute atomic E-state index is 0.285. The van der Waals surface area contributed by atoms with Gasteiger partial charge in [0.2, 0.25) is 0 Å². The van der Waals surface area contributed by atoms with Crippen molar-refractivity contribution in [2.45, 2.75) is 38.9 Å². The number of methoxy groups -OCH3 is 1. The topological polar surface area (TPSA) is 85.3 Å². The molecule has 1 amide bonds. The lowest BCUT2D eigenvalue weighted by molar-refractivity contribution is -0.148. The number of carbonyl (C=O) groups excluding carboxylic acids is 1. The zero-order valence-electron chi connectivity index (χ0n) is 15.4. The van der Waals surface area contributed by atoms with Gasteiger partial charge in [0, 0.05) is 20.6 Å². The largest absolute Gasteiger partial charge is 0.492 e. The summed E-state index contributed by atoms with van der Waals surface area (Å²) in [5.74, 6) is -0.348. The third kappa shape index (κ3) is 7.89. The highest BCUT2D eigenvalue weighted by molar-refractivity contribution is 5.72. The van der Waals surface area contributed by atoms with Crippen molar-refractivity contribution in [3.8, 4) is 5.75 Å². The molecule has 0 fully saturated rings. The van der Waals surface area contributed by atoms with Gasteiger partial charge in [0.05, 0.1) is 6.54 Å². The summed E-state index contributed by atoms with van der Waals surface area (Å²) < 4.78 is 15.8. The maximum atomic E-state index is 11.8. The molecule has 1 atom stereocenters. The number of likely N-dealkylation sites (N-methyl/N-ethyl adjacent to an activating group) is 1. The molecular weight excluding hydrogens is 326 g/mol. The molecule has 1 aromatic carbocycles. The van der Waals surface area contributed by atoms with Crippen LogP contribution < -0.4 is 4.74 Å². The number of hydrogen-bond donors (Lipinski definition) is 1. The van der Waals surface area contributed by atoms with Crippen LogP contribution in [0, 0.1) is 0 Å². The fourth-order valence-corrected chi connectivity index (χ4v) is 1.94. The van der Waals surface area contributed by atoms with Gasteiger partial charge in [-0.2, -0.15) is 0 Å².